The molecule has 0 aromatic carbocycles. The van der Waals surface area contributed by atoms with E-state index < -0.39 is 0 Å². The molecular weight excluding hydrogens is 236 g/mol. The number of rotatable bonds is 8. The molecule has 0 aromatic heterocycles. The van der Waals surface area contributed by atoms with Crippen molar-refractivity contribution in [2.75, 3.05) is 26.2 Å². The second-order valence-corrected chi connectivity index (χ2v) is 6.27. The minimum Gasteiger partial charge on any atom is -0.395 e. The van der Waals surface area contributed by atoms with Crippen molar-refractivity contribution in [3.63, 3.8) is 0 Å². The second kappa shape index (κ2) is 9.73. The maximum Gasteiger partial charge on any atom is 0.0558 e. The van der Waals surface area contributed by atoms with Crippen LogP contribution in [0.2, 0.25) is 0 Å². The van der Waals surface area contributed by atoms with Crippen LogP contribution < -0.4 is 5.32 Å². The van der Waals surface area contributed by atoms with Crippen LogP contribution in [0.4, 0.5) is 0 Å². The molecule has 19 heavy (non-hydrogen) atoms. The summed E-state index contributed by atoms with van der Waals surface area (Å²) in [6.07, 6.45) is 8.03. The van der Waals surface area contributed by atoms with Crippen molar-refractivity contribution in [3.8, 4) is 0 Å². The molecule has 3 heteroatoms. The third-order valence-corrected chi connectivity index (χ3v) is 4.40. The molecule has 2 unspecified atom stereocenters. The Morgan fingerprint density at radius 1 is 1.21 bits per heavy atom. The fourth-order valence-corrected chi connectivity index (χ4v) is 3.19. The quantitative estimate of drug-likeness (QED) is 0.666. The Morgan fingerprint density at radius 2 is 1.95 bits per heavy atom. The van der Waals surface area contributed by atoms with Gasteiger partial charge in [-0.3, -0.25) is 4.90 Å². The van der Waals surface area contributed by atoms with Gasteiger partial charge in [0.25, 0.3) is 0 Å². The van der Waals surface area contributed by atoms with E-state index in [0.717, 1.165) is 25.6 Å². The highest BCUT2D eigenvalue weighted by molar-refractivity contribution is 4.82. The fraction of sp³-hybridized carbons (Fsp3) is 1.00. The lowest BCUT2D eigenvalue weighted by Gasteiger charge is -2.34. The predicted octanol–water partition coefficient (Wildman–Crippen LogP) is 2.64. The molecule has 1 fully saturated rings. The van der Waals surface area contributed by atoms with E-state index in [1.54, 1.807) is 0 Å². The normalized spacial score (nSPS) is 24.9. The molecule has 0 bridgehead atoms. The third kappa shape index (κ3) is 6.24. The average Bonchev–Trinajstić information content (AvgIpc) is 2.61. The van der Waals surface area contributed by atoms with E-state index >= 15 is 0 Å². The monoisotopic (exact) mass is 270 g/mol. The molecule has 0 amide bonds. The van der Waals surface area contributed by atoms with Crippen LogP contribution in [-0.4, -0.2) is 48.3 Å². The van der Waals surface area contributed by atoms with Gasteiger partial charge in [0.15, 0.2) is 0 Å². The Hall–Kier alpha value is -0.120. The maximum absolute atomic E-state index is 9.22. The topological polar surface area (TPSA) is 35.5 Å². The maximum atomic E-state index is 9.22. The van der Waals surface area contributed by atoms with Gasteiger partial charge in [0.05, 0.1) is 6.61 Å². The molecule has 0 saturated heterocycles. The van der Waals surface area contributed by atoms with Gasteiger partial charge in [0, 0.05) is 25.2 Å². The third-order valence-electron chi connectivity index (χ3n) is 4.40. The Bertz CT molecular complexity index is 221. The Labute approximate surface area is 119 Å². The van der Waals surface area contributed by atoms with Gasteiger partial charge in [0.1, 0.15) is 0 Å². The summed E-state index contributed by atoms with van der Waals surface area (Å²) in [6, 6.07) is 1.21. The lowest BCUT2D eigenvalue weighted by Crippen LogP contribution is -2.45. The molecule has 1 rings (SSSR count). The molecule has 1 aliphatic rings. The van der Waals surface area contributed by atoms with Gasteiger partial charge in [-0.15, -0.1) is 0 Å². The van der Waals surface area contributed by atoms with E-state index in [2.05, 4.69) is 31.0 Å². The molecule has 114 valence electrons. The molecule has 0 radical (unpaired) electrons. The van der Waals surface area contributed by atoms with Gasteiger partial charge >= 0.3 is 0 Å². The van der Waals surface area contributed by atoms with Crippen molar-refractivity contribution in [3.05, 3.63) is 0 Å². The molecule has 0 spiro atoms. The van der Waals surface area contributed by atoms with Gasteiger partial charge in [-0.25, -0.2) is 0 Å². The molecule has 1 aliphatic carbocycles. The molecule has 3 nitrogen and oxygen atoms in total. The van der Waals surface area contributed by atoms with Crippen molar-refractivity contribution >= 4 is 0 Å². The zero-order valence-corrected chi connectivity index (χ0v) is 13.2. The number of aliphatic hydroxyl groups excluding tert-OH is 1. The van der Waals surface area contributed by atoms with Gasteiger partial charge in [-0.05, 0) is 45.6 Å². The summed E-state index contributed by atoms with van der Waals surface area (Å²) < 4.78 is 0. The molecule has 1 saturated carbocycles. The van der Waals surface area contributed by atoms with Gasteiger partial charge < -0.3 is 10.4 Å². The molecule has 2 atom stereocenters. The number of aliphatic hydroxyl groups is 1. The van der Waals surface area contributed by atoms with Crippen molar-refractivity contribution in [2.24, 2.45) is 5.92 Å². The summed E-state index contributed by atoms with van der Waals surface area (Å²) in [5.41, 5.74) is 0. The SMILES string of the molecule is CCCNC1CCCCCC1CN(CCO)C(C)C. The summed E-state index contributed by atoms with van der Waals surface area (Å²) >= 11 is 0. The Morgan fingerprint density at radius 3 is 2.58 bits per heavy atom. The lowest BCUT2D eigenvalue weighted by molar-refractivity contribution is 0.129. The summed E-state index contributed by atoms with van der Waals surface area (Å²) in [5.74, 6) is 0.753. The van der Waals surface area contributed by atoms with Crippen LogP contribution in [0.1, 0.15) is 59.3 Å². The van der Waals surface area contributed by atoms with E-state index in [0.29, 0.717) is 12.1 Å². The number of hydrogen-bond donors (Lipinski definition) is 2. The van der Waals surface area contributed by atoms with Gasteiger partial charge in [-0.1, -0.05) is 26.2 Å². The largest absolute Gasteiger partial charge is 0.395 e. The minimum atomic E-state index is 0.276. The first kappa shape index (κ1) is 16.9. The summed E-state index contributed by atoms with van der Waals surface area (Å²) in [6.45, 7) is 10.1. The second-order valence-electron chi connectivity index (χ2n) is 6.27. The fourth-order valence-electron chi connectivity index (χ4n) is 3.19. The first-order valence-corrected chi connectivity index (χ1v) is 8.27. The zero-order valence-electron chi connectivity index (χ0n) is 13.2. The van der Waals surface area contributed by atoms with Crippen LogP contribution >= 0.6 is 0 Å². The van der Waals surface area contributed by atoms with Gasteiger partial charge in [0.2, 0.25) is 0 Å². The zero-order chi connectivity index (χ0) is 14.1. The molecule has 0 heterocycles. The highest BCUT2D eigenvalue weighted by Crippen LogP contribution is 2.25. The molecule has 0 aliphatic heterocycles. The highest BCUT2D eigenvalue weighted by atomic mass is 16.3. The van der Waals surface area contributed by atoms with Crippen molar-refractivity contribution < 1.29 is 5.11 Å². The number of hydrogen-bond acceptors (Lipinski definition) is 3. The standard InChI is InChI=1S/C16H34N2O/c1-4-10-17-16-9-7-5-6-8-15(16)13-18(11-12-19)14(2)3/h14-17,19H,4-13H2,1-3H3. The van der Waals surface area contributed by atoms with Crippen LogP contribution in [0.3, 0.4) is 0 Å². The van der Waals surface area contributed by atoms with Crippen LogP contribution in [0.5, 0.6) is 0 Å². The van der Waals surface area contributed by atoms with E-state index in [4.69, 9.17) is 0 Å². The van der Waals surface area contributed by atoms with Crippen molar-refractivity contribution in [2.45, 2.75) is 71.4 Å². The summed E-state index contributed by atoms with van der Waals surface area (Å²) in [4.78, 5) is 2.44. The van der Waals surface area contributed by atoms with Crippen molar-refractivity contribution in [1.82, 2.24) is 10.2 Å². The molecule has 0 aromatic rings. The van der Waals surface area contributed by atoms with Crippen molar-refractivity contribution in [1.29, 1.82) is 0 Å². The Balaban J connectivity index is 2.56. The van der Waals surface area contributed by atoms with E-state index in [-0.39, 0.29) is 6.61 Å². The Kier molecular flexibility index (Phi) is 8.67. The summed E-state index contributed by atoms with van der Waals surface area (Å²) in [5, 5.41) is 13.0. The predicted molar refractivity (Wildman–Crippen MR) is 82.5 cm³/mol. The number of nitrogens with zero attached hydrogens (tertiary/aromatic N) is 1. The van der Waals surface area contributed by atoms with Crippen LogP contribution in [0.25, 0.3) is 0 Å². The number of nitrogens with one attached hydrogen (secondary N) is 1. The van der Waals surface area contributed by atoms with Crippen LogP contribution in [0.15, 0.2) is 0 Å². The minimum absolute atomic E-state index is 0.276. The molecule has 2 N–H and O–H groups in total. The highest BCUT2D eigenvalue weighted by Gasteiger charge is 2.25. The lowest BCUT2D eigenvalue weighted by atomic mass is 9.93. The van der Waals surface area contributed by atoms with E-state index in [9.17, 15) is 5.11 Å². The molecular formula is C16H34N2O. The van der Waals surface area contributed by atoms with E-state index in [1.807, 2.05) is 0 Å². The summed E-state index contributed by atoms with van der Waals surface area (Å²) in [7, 11) is 0. The van der Waals surface area contributed by atoms with E-state index in [1.165, 1.54) is 38.5 Å². The average molecular weight is 270 g/mol. The van der Waals surface area contributed by atoms with Gasteiger partial charge in [-0.2, -0.15) is 0 Å². The first-order chi connectivity index (χ1) is 9.19. The first-order valence-electron chi connectivity index (χ1n) is 8.27. The van der Waals surface area contributed by atoms with Crippen LogP contribution in [0, 0.1) is 5.92 Å². The smallest absolute Gasteiger partial charge is 0.0558 e. The van der Waals surface area contributed by atoms with Crippen LogP contribution in [-0.2, 0) is 0 Å².